The van der Waals surface area contributed by atoms with Crippen LogP contribution < -0.4 is 0 Å². The molecule has 0 spiro atoms. The van der Waals surface area contributed by atoms with Gasteiger partial charge in [-0.1, -0.05) is 190 Å². The van der Waals surface area contributed by atoms with Gasteiger partial charge in [0.25, 0.3) is 0 Å². The number of rotatable bonds is 44. The van der Waals surface area contributed by atoms with Crippen molar-refractivity contribution in [3.8, 4) is 0 Å². The van der Waals surface area contributed by atoms with Gasteiger partial charge in [0.2, 0.25) is 0 Å². The topological polar surface area (TPSA) is 91.3 Å². The number of carbonyl (C=O) groups excluding carboxylic acids is 1. The summed E-state index contributed by atoms with van der Waals surface area (Å²) in [6, 6.07) is 0. The van der Waals surface area contributed by atoms with Crippen LogP contribution in [0.15, 0.2) is 60.8 Å². The molecule has 0 bridgehead atoms. The summed E-state index contributed by atoms with van der Waals surface area (Å²) in [7, 11) is 1.64. The van der Waals surface area contributed by atoms with Gasteiger partial charge in [-0.05, 0) is 57.8 Å². The first-order chi connectivity index (χ1) is 28.6. The Balaban J connectivity index is 4.25. The summed E-state index contributed by atoms with van der Waals surface area (Å²) in [5.41, 5.74) is 0. The van der Waals surface area contributed by atoms with Crippen molar-refractivity contribution in [2.24, 2.45) is 0 Å². The van der Waals surface area contributed by atoms with E-state index in [9.17, 15) is 14.3 Å². The molecule has 0 aromatic rings. The van der Waals surface area contributed by atoms with E-state index in [0.717, 1.165) is 70.6 Å². The van der Waals surface area contributed by atoms with Crippen molar-refractivity contribution in [1.29, 1.82) is 0 Å². The van der Waals surface area contributed by atoms with Gasteiger partial charge in [0.1, 0.15) is 19.3 Å². The number of carbonyl (C=O) groups is 1. The fourth-order valence-corrected chi connectivity index (χ4v) is 7.14. The van der Waals surface area contributed by atoms with Gasteiger partial charge in [-0.2, -0.15) is 0 Å². The van der Waals surface area contributed by atoms with Crippen LogP contribution in [-0.2, 0) is 27.9 Å². The molecule has 0 aliphatic rings. The number of ether oxygens (including phenoxy) is 2. The highest BCUT2D eigenvalue weighted by Crippen LogP contribution is 2.43. The SMILES string of the molecule is CC/C=C\C/C=C\C/C=C\C/C=C\C/C=C\CCCCCC(=O)OC(COCCCCCCCCCCCCCCCCCCCC)COP(=O)(O)OCC[N+](C)(C)C. The van der Waals surface area contributed by atoms with Gasteiger partial charge >= 0.3 is 13.8 Å². The second-order valence-corrected chi connectivity index (χ2v) is 18.6. The van der Waals surface area contributed by atoms with Gasteiger partial charge in [0.15, 0.2) is 0 Å². The number of phosphoric ester groups is 1. The highest BCUT2D eigenvalue weighted by molar-refractivity contribution is 7.47. The molecule has 0 aliphatic carbocycles. The zero-order valence-corrected chi connectivity index (χ0v) is 39.9. The Morgan fingerprint density at radius 1 is 0.542 bits per heavy atom. The number of unbranched alkanes of at least 4 members (excludes halogenated alkanes) is 20. The molecule has 0 saturated heterocycles. The molecule has 1 N–H and O–H groups in total. The van der Waals surface area contributed by atoms with Crippen molar-refractivity contribution < 1.29 is 37.3 Å². The van der Waals surface area contributed by atoms with Crippen molar-refractivity contribution >= 4 is 13.8 Å². The molecule has 0 rings (SSSR count). The first kappa shape index (κ1) is 57.2. The molecular formula is C50H93NO7P+. The number of hydrogen-bond donors (Lipinski definition) is 1. The van der Waals surface area contributed by atoms with Gasteiger partial charge < -0.3 is 18.9 Å². The second kappa shape index (κ2) is 42.9. The Hall–Kier alpha value is -1.80. The monoisotopic (exact) mass is 851 g/mol. The third kappa shape index (κ3) is 47.1. The zero-order valence-electron chi connectivity index (χ0n) is 39.0. The summed E-state index contributed by atoms with van der Waals surface area (Å²) in [6.45, 7) is 5.48. The molecule has 0 aromatic heterocycles. The van der Waals surface area contributed by atoms with Crippen molar-refractivity contribution in [3.63, 3.8) is 0 Å². The van der Waals surface area contributed by atoms with E-state index in [-0.39, 0.29) is 32.2 Å². The fourth-order valence-electron chi connectivity index (χ4n) is 6.40. The lowest BCUT2D eigenvalue weighted by Crippen LogP contribution is -2.37. The van der Waals surface area contributed by atoms with Crippen molar-refractivity contribution in [1.82, 2.24) is 0 Å². The van der Waals surface area contributed by atoms with Gasteiger partial charge in [-0.25, -0.2) is 4.57 Å². The predicted octanol–water partition coefficient (Wildman–Crippen LogP) is 14.5. The van der Waals surface area contributed by atoms with Gasteiger partial charge in [0, 0.05) is 13.0 Å². The Kier molecular flexibility index (Phi) is 41.6. The zero-order chi connectivity index (χ0) is 43.4. The first-order valence-corrected chi connectivity index (χ1v) is 25.5. The van der Waals surface area contributed by atoms with E-state index >= 15 is 0 Å². The summed E-state index contributed by atoms with van der Waals surface area (Å²) >= 11 is 0. The Morgan fingerprint density at radius 2 is 0.983 bits per heavy atom. The van der Waals surface area contributed by atoms with E-state index < -0.39 is 13.9 Å². The number of hydrogen-bond acceptors (Lipinski definition) is 6. The lowest BCUT2D eigenvalue weighted by atomic mass is 10.0. The molecule has 0 aliphatic heterocycles. The van der Waals surface area contributed by atoms with Crippen LogP contribution in [0.25, 0.3) is 0 Å². The van der Waals surface area contributed by atoms with E-state index in [1.165, 1.54) is 103 Å². The van der Waals surface area contributed by atoms with Crippen LogP contribution in [0.2, 0.25) is 0 Å². The molecule has 9 heteroatoms. The first-order valence-electron chi connectivity index (χ1n) is 24.0. The van der Waals surface area contributed by atoms with E-state index in [2.05, 4.69) is 74.6 Å². The van der Waals surface area contributed by atoms with Crippen molar-refractivity contribution in [2.75, 3.05) is 54.1 Å². The summed E-state index contributed by atoms with van der Waals surface area (Å²) in [5, 5.41) is 0. The van der Waals surface area contributed by atoms with Crippen LogP contribution in [0.5, 0.6) is 0 Å². The number of quaternary nitrogens is 1. The van der Waals surface area contributed by atoms with E-state index in [1.54, 1.807) is 0 Å². The minimum absolute atomic E-state index is 0.0806. The second-order valence-electron chi connectivity index (χ2n) is 17.1. The highest BCUT2D eigenvalue weighted by Gasteiger charge is 2.26. The molecule has 0 aromatic carbocycles. The minimum atomic E-state index is -4.29. The fraction of sp³-hybridized carbons (Fsp3) is 0.780. The van der Waals surface area contributed by atoms with E-state index in [4.69, 9.17) is 18.5 Å². The van der Waals surface area contributed by atoms with Crippen LogP contribution in [0.3, 0.4) is 0 Å². The predicted molar refractivity (Wildman–Crippen MR) is 252 cm³/mol. The lowest BCUT2D eigenvalue weighted by molar-refractivity contribution is -0.870. The molecule has 0 saturated carbocycles. The normalized spacial score (nSPS) is 14.2. The van der Waals surface area contributed by atoms with E-state index in [1.807, 2.05) is 21.1 Å². The van der Waals surface area contributed by atoms with Gasteiger partial charge in [0.05, 0.1) is 34.4 Å². The Bertz CT molecular complexity index is 1130. The molecule has 344 valence electrons. The molecule has 0 fully saturated rings. The molecule has 59 heavy (non-hydrogen) atoms. The van der Waals surface area contributed by atoms with Crippen LogP contribution in [0, 0.1) is 0 Å². The van der Waals surface area contributed by atoms with Crippen LogP contribution in [0.4, 0.5) is 0 Å². The molecule has 0 amide bonds. The third-order valence-electron chi connectivity index (χ3n) is 10.1. The number of esters is 1. The minimum Gasteiger partial charge on any atom is -0.457 e. The standard InChI is InChI=1S/C50H92NO7P/c1-6-8-10-12-14-16-18-20-22-24-26-27-29-31-33-35-37-39-41-43-50(52)58-49(48-57-59(53,54)56-46-44-51(3,4)5)47-55-45-42-40-38-36-34-32-30-28-25-23-21-19-17-15-13-11-9-7-2/h8,10,14,16,20,22,26-27,31,33,49H,6-7,9,11-13,15,17-19,21,23-25,28-30,32,34-48H2,1-5H3/p+1/b10-8-,16-14-,22-20-,27-26-,33-31-. The maximum atomic E-state index is 12.7. The van der Waals surface area contributed by atoms with Crippen molar-refractivity contribution in [2.45, 2.75) is 200 Å². The number of nitrogens with zero attached hydrogens (tertiary/aromatic N) is 1. The Morgan fingerprint density at radius 3 is 1.46 bits per heavy atom. The quantitative estimate of drug-likeness (QED) is 0.0215. The largest absolute Gasteiger partial charge is 0.472 e. The maximum Gasteiger partial charge on any atom is 0.472 e. The average molecular weight is 851 g/mol. The molecule has 0 heterocycles. The number of phosphoric acid groups is 1. The highest BCUT2D eigenvalue weighted by atomic mass is 31.2. The molecular weight excluding hydrogens is 758 g/mol. The molecule has 2 atom stereocenters. The summed E-state index contributed by atoms with van der Waals surface area (Å²) in [6.07, 6.45) is 54.0. The maximum absolute atomic E-state index is 12.7. The third-order valence-corrected chi connectivity index (χ3v) is 11.1. The van der Waals surface area contributed by atoms with Crippen LogP contribution in [-0.4, -0.2) is 75.6 Å². The van der Waals surface area contributed by atoms with E-state index in [0.29, 0.717) is 17.6 Å². The van der Waals surface area contributed by atoms with Crippen LogP contribution in [0.1, 0.15) is 194 Å². The van der Waals surface area contributed by atoms with Gasteiger partial charge in [-0.3, -0.25) is 13.8 Å². The van der Waals surface area contributed by atoms with Crippen LogP contribution >= 0.6 is 7.82 Å². The molecule has 0 radical (unpaired) electrons. The summed E-state index contributed by atoms with van der Waals surface area (Å²) in [4.78, 5) is 22.9. The Labute approximate surface area is 364 Å². The smallest absolute Gasteiger partial charge is 0.457 e. The average Bonchev–Trinajstić information content (AvgIpc) is 3.19. The summed E-state index contributed by atoms with van der Waals surface area (Å²) in [5.74, 6) is -0.344. The van der Waals surface area contributed by atoms with Crippen molar-refractivity contribution in [3.05, 3.63) is 60.8 Å². The number of likely N-dealkylation sites (N-methyl/N-ethyl adjacent to an activating group) is 1. The van der Waals surface area contributed by atoms with Gasteiger partial charge in [-0.15, -0.1) is 0 Å². The summed E-state index contributed by atoms with van der Waals surface area (Å²) < 4.78 is 35.1. The molecule has 2 unspecified atom stereocenters. The molecule has 8 nitrogen and oxygen atoms in total. The number of allylic oxidation sites excluding steroid dienone is 10. The lowest BCUT2D eigenvalue weighted by Gasteiger charge is -2.24.